The molecular formula is C26H19Cl2N4O3+. The number of halogens is 2. The highest BCUT2D eigenvalue weighted by Crippen LogP contribution is 2.34. The zero-order valence-electron chi connectivity index (χ0n) is 18.5. The maximum absolute atomic E-state index is 13.8. The first kappa shape index (κ1) is 22.8. The number of hydrogen-bond acceptors (Lipinski definition) is 3. The maximum atomic E-state index is 13.8. The second-order valence-corrected chi connectivity index (χ2v) is 8.74. The predicted molar refractivity (Wildman–Crippen MR) is 134 cm³/mol. The predicted octanol–water partition coefficient (Wildman–Crippen LogP) is 4.26. The van der Waals surface area contributed by atoms with Crippen molar-refractivity contribution in [2.24, 2.45) is 0 Å². The molecule has 0 saturated heterocycles. The summed E-state index contributed by atoms with van der Waals surface area (Å²) in [5.41, 5.74) is 1.14. The molecule has 0 fully saturated rings. The summed E-state index contributed by atoms with van der Waals surface area (Å²) in [6.45, 7) is 1.86. The van der Waals surface area contributed by atoms with Gasteiger partial charge in [0.05, 0.1) is 16.9 Å². The lowest BCUT2D eigenvalue weighted by atomic mass is 10.0. The van der Waals surface area contributed by atoms with Crippen LogP contribution in [-0.2, 0) is 16.0 Å². The van der Waals surface area contributed by atoms with E-state index < -0.39 is 17.4 Å². The number of imide groups is 1. The molecule has 1 aliphatic heterocycles. The lowest BCUT2D eigenvalue weighted by Gasteiger charge is -2.14. The van der Waals surface area contributed by atoms with Gasteiger partial charge in [-0.15, -0.1) is 0 Å². The monoisotopic (exact) mass is 505 g/mol. The number of hydrogen-bond donors (Lipinski definition) is 1. The standard InChI is InChI=1S/C26H18Cl2N4O3/c1-2-20-21(25(34)32(29-20)19-11-7-9-17(28)15-19)22-23(30-12-4-3-5-13-30)26(35)31(24(22)33)18-10-6-8-16(27)14-18/h3-15H,2H2,1H3/p+1. The van der Waals surface area contributed by atoms with Gasteiger partial charge in [-0.1, -0.05) is 48.3 Å². The minimum absolute atomic E-state index is 0.0186. The molecule has 5 rings (SSSR count). The second kappa shape index (κ2) is 9.02. The summed E-state index contributed by atoms with van der Waals surface area (Å²) in [6.07, 6.45) is 3.75. The molecule has 2 aromatic carbocycles. The average Bonchev–Trinajstić information content (AvgIpc) is 3.31. The molecular weight excluding hydrogens is 487 g/mol. The van der Waals surface area contributed by atoms with Crippen LogP contribution in [0.15, 0.2) is 83.9 Å². The van der Waals surface area contributed by atoms with Gasteiger partial charge in [-0.25, -0.2) is 9.58 Å². The van der Waals surface area contributed by atoms with Crippen molar-refractivity contribution < 1.29 is 14.2 Å². The van der Waals surface area contributed by atoms with Gasteiger partial charge in [-0.3, -0.25) is 19.5 Å². The highest BCUT2D eigenvalue weighted by atomic mass is 35.5. The van der Waals surface area contributed by atoms with Gasteiger partial charge in [-0.05, 0) is 42.8 Å². The Morgan fingerprint density at radius 1 is 0.829 bits per heavy atom. The van der Waals surface area contributed by atoms with Crippen LogP contribution in [-0.4, -0.2) is 21.6 Å². The summed E-state index contributed by atoms with van der Waals surface area (Å²) in [7, 11) is 0. The van der Waals surface area contributed by atoms with E-state index in [9.17, 15) is 14.4 Å². The van der Waals surface area contributed by atoms with Gasteiger partial charge in [0, 0.05) is 27.9 Å². The van der Waals surface area contributed by atoms with E-state index in [1.807, 2.05) is 6.92 Å². The second-order valence-electron chi connectivity index (χ2n) is 7.87. The van der Waals surface area contributed by atoms with Gasteiger partial charge >= 0.3 is 5.91 Å². The molecule has 7 nitrogen and oxygen atoms in total. The Morgan fingerprint density at radius 3 is 2.09 bits per heavy atom. The highest BCUT2D eigenvalue weighted by Gasteiger charge is 2.48. The molecule has 174 valence electrons. The number of aryl methyl sites for hydroxylation is 1. The third kappa shape index (κ3) is 3.88. The van der Waals surface area contributed by atoms with Crippen molar-refractivity contribution in [2.45, 2.75) is 13.3 Å². The van der Waals surface area contributed by atoms with E-state index in [-0.39, 0.29) is 16.8 Å². The zero-order valence-corrected chi connectivity index (χ0v) is 20.0. The molecule has 0 aliphatic carbocycles. The van der Waals surface area contributed by atoms with Gasteiger partial charge in [0.25, 0.3) is 17.2 Å². The van der Waals surface area contributed by atoms with E-state index in [2.05, 4.69) is 5.10 Å². The van der Waals surface area contributed by atoms with Crippen molar-refractivity contribution in [3.63, 3.8) is 0 Å². The number of carbonyl (C=O) groups is 2. The van der Waals surface area contributed by atoms with E-state index >= 15 is 0 Å². The summed E-state index contributed by atoms with van der Waals surface area (Å²) in [5, 5.41) is 3.93. The quantitative estimate of drug-likeness (QED) is 0.325. The Kier molecular flexibility index (Phi) is 5.88. The summed E-state index contributed by atoms with van der Waals surface area (Å²) in [4.78, 5) is 42.3. The Labute approximate surface area is 210 Å². The number of carbonyl (C=O) groups excluding carboxylic acids is 2. The number of rotatable bonds is 5. The molecule has 4 aromatic rings. The molecule has 2 aromatic heterocycles. The van der Waals surface area contributed by atoms with E-state index in [0.29, 0.717) is 33.5 Å². The van der Waals surface area contributed by atoms with Crippen LogP contribution < -0.4 is 15.0 Å². The van der Waals surface area contributed by atoms with E-state index in [0.717, 1.165) is 4.90 Å². The number of nitrogens with one attached hydrogen (secondary N) is 1. The van der Waals surface area contributed by atoms with Gasteiger partial charge in [0.15, 0.2) is 12.4 Å². The summed E-state index contributed by atoms with van der Waals surface area (Å²) < 4.78 is 2.88. The van der Waals surface area contributed by atoms with Crippen molar-refractivity contribution >= 4 is 52.0 Å². The summed E-state index contributed by atoms with van der Waals surface area (Å²) in [6, 6.07) is 18.6. The van der Waals surface area contributed by atoms with Crippen molar-refractivity contribution in [1.82, 2.24) is 9.78 Å². The Bertz CT molecular complexity index is 1570. The number of H-pyrrole nitrogens is 1. The minimum atomic E-state index is -0.604. The fourth-order valence-electron chi connectivity index (χ4n) is 4.17. The maximum Gasteiger partial charge on any atom is 0.331 e. The third-order valence-electron chi connectivity index (χ3n) is 5.74. The number of pyridine rings is 1. The smallest absolute Gasteiger partial charge is 0.294 e. The van der Waals surface area contributed by atoms with Gasteiger partial charge in [-0.2, -0.15) is 4.57 Å². The molecule has 0 saturated carbocycles. The van der Waals surface area contributed by atoms with E-state index in [1.165, 1.54) is 10.7 Å². The highest BCUT2D eigenvalue weighted by molar-refractivity contribution is 6.53. The van der Waals surface area contributed by atoms with Crippen LogP contribution in [0.3, 0.4) is 0 Å². The minimum Gasteiger partial charge on any atom is -0.294 e. The fraction of sp³-hybridized carbons (Fsp3) is 0.0769. The molecule has 0 bridgehead atoms. The van der Waals surface area contributed by atoms with Crippen molar-refractivity contribution in [3.05, 3.63) is 111 Å². The van der Waals surface area contributed by atoms with Crippen LogP contribution in [0.2, 0.25) is 10.0 Å². The van der Waals surface area contributed by atoms with Crippen LogP contribution in [0.5, 0.6) is 0 Å². The van der Waals surface area contributed by atoms with E-state index in [4.69, 9.17) is 23.2 Å². The molecule has 2 amide bonds. The molecule has 0 radical (unpaired) electrons. The number of aromatic nitrogens is 3. The molecule has 0 atom stereocenters. The molecule has 0 spiro atoms. The third-order valence-corrected chi connectivity index (χ3v) is 6.21. The topological polar surface area (TPSA) is 79.1 Å². The lowest BCUT2D eigenvalue weighted by Crippen LogP contribution is -2.39. The average molecular weight is 506 g/mol. The first-order valence-corrected chi connectivity index (χ1v) is 11.6. The first-order chi connectivity index (χ1) is 16.9. The largest absolute Gasteiger partial charge is 0.331 e. The summed E-state index contributed by atoms with van der Waals surface area (Å²) >= 11 is 12.3. The molecule has 9 heteroatoms. The van der Waals surface area contributed by atoms with Gasteiger partial charge in [0.1, 0.15) is 5.57 Å². The Balaban J connectivity index is 1.78. The SMILES string of the molecule is CCc1[nH]n(-c2cccc(Cl)c2)c(=O)c1C1=C([n+]2ccccc2)C(=O)N(c2cccc(Cl)c2)C1=O. The molecule has 1 N–H and O–H groups in total. The fourth-order valence-corrected chi connectivity index (χ4v) is 4.54. The van der Waals surface area contributed by atoms with Crippen LogP contribution in [0, 0.1) is 0 Å². The summed E-state index contributed by atoms with van der Waals surface area (Å²) in [5.74, 6) is -1.16. The van der Waals surface area contributed by atoms with Crippen molar-refractivity contribution in [2.75, 3.05) is 4.90 Å². The number of nitrogens with zero attached hydrogens (tertiary/aromatic N) is 3. The van der Waals surface area contributed by atoms with Gasteiger partial charge in [0.2, 0.25) is 0 Å². The Morgan fingerprint density at radius 2 is 1.46 bits per heavy atom. The van der Waals surface area contributed by atoms with Crippen LogP contribution >= 0.6 is 23.2 Å². The van der Waals surface area contributed by atoms with E-state index in [1.54, 1.807) is 77.6 Å². The molecule has 3 heterocycles. The Hall–Kier alpha value is -3.94. The number of aromatic amines is 1. The van der Waals surface area contributed by atoms with Gasteiger partial charge < -0.3 is 0 Å². The molecule has 1 aliphatic rings. The molecule has 35 heavy (non-hydrogen) atoms. The van der Waals surface area contributed by atoms with Crippen molar-refractivity contribution in [3.8, 4) is 5.69 Å². The number of anilines is 1. The normalized spacial score (nSPS) is 13.7. The lowest BCUT2D eigenvalue weighted by molar-refractivity contribution is -0.576. The van der Waals surface area contributed by atoms with Crippen LogP contribution in [0.25, 0.3) is 17.0 Å². The number of benzene rings is 2. The number of amides is 2. The first-order valence-electron chi connectivity index (χ1n) is 10.9. The van der Waals surface area contributed by atoms with Crippen LogP contribution in [0.4, 0.5) is 5.69 Å². The van der Waals surface area contributed by atoms with Crippen LogP contribution in [0.1, 0.15) is 18.2 Å². The van der Waals surface area contributed by atoms with Crippen molar-refractivity contribution in [1.29, 1.82) is 0 Å². The molecule has 0 unspecified atom stereocenters. The zero-order chi connectivity index (χ0) is 24.7.